The Balaban J connectivity index is 1.78. The van der Waals surface area contributed by atoms with Gasteiger partial charge in [0.2, 0.25) is 0 Å². The monoisotopic (exact) mass is 334 g/mol. The van der Waals surface area contributed by atoms with Gasteiger partial charge in [0.15, 0.2) is 0 Å². The predicted octanol–water partition coefficient (Wildman–Crippen LogP) is 3.41. The lowest BCUT2D eigenvalue weighted by Gasteiger charge is -2.64. The Morgan fingerprint density at radius 2 is 1.83 bits per heavy atom. The average Bonchev–Trinajstić information content (AvgIpc) is 2.71. The molecular weight excluding hydrogens is 304 g/mol. The highest BCUT2D eigenvalue weighted by Crippen LogP contribution is 2.72. The van der Waals surface area contributed by atoms with Crippen molar-refractivity contribution in [3.05, 3.63) is 0 Å². The largest absolute Gasteiger partial charge is 0.481 e. The minimum absolute atomic E-state index is 0.00701. The quantitative estimate of drug-likeness (QED) is 0.770. The highest BCUT2D eigenvalue weighted by atomic mass is 16.4. The Kier molecular flexibility index (Phi) is 3.19. The number of carbonyl (C=O) groups is 2. The zero-order valence-electron chi connectivity index (χ0n) is 15.1. The summed E-state index contributed by atoms with van der Waals surface area (Å²) in [5, 5.41) is 20.7. The van der Waals surface area contributed by atoms with E-state index in [-0.39, 0.29) is 28.4 Å². The van der Waals surface area contributed by atoms with Crippen LogP contribution in [0.5, 0.6) is 0 Å². The topological polar surface area (TPSA) is 74.6 Å². The first-order chi connectivity index (χ1) is 11.1. The smallest absolute Gasteiger partial charge is 0.309 e. The molecule has 4 fully saturated rings. The van der Waals surface area contributed by atoms with E-state index in [9.17, 15) is 19.8 Å². The van der Waals surface area contributed by atoms with E-state index in [4.69, 9.17) is 0 Å². The van der Waals surface area contributed by atoms with E-state index >= 15 is 0 Å². The molecule has 24 heavy (non-hydrogen) atoms. The Bertz CT molecular complexity index is 615. The van der Waals surface area contributed by atoms with Crippen molar-refractivity contribution >= 4 is 11.8 Å². The molecule has 0 saturated heterocycles. The summed E-state index contributed by atoms with van der Waals surface area (Å²) < 4.78 is 0. The van der Waals surface area contributed by atoms with Gasteiger partial charge in [-0.1, -0.05) is 20.3 Å². The molecule has 4 rings (SSSR count). The molecule has 2 N–H and O–H groups in total. The maximum Gasteiger partial charge on any atom is 0.309 e. The van der Waals surface area contributed by atoms with Gasteiger partial charge in [-0.25, -0.2) is 0 Å². The molecule has 0 aliphatic heterocycles. The molecule has 0 amide bonds. The third-order valence-electron chi connectivity index (χ3n) is 8.99. The lowest BCUT2D eigenvalue weighted by molar-refractivity contribution is -0.191. The summed E-state index contributed by atoms with van der Waals surface area (Å²) in [5.74, 6) is -0.00851. The lowest BCUT2D eigenvalue weighted by atomic mass is 9.40. The molecule has 4 heteroatoms. The van der Waals surface area contributed by atoms with Gasteiger partial charge in [0.25, 0.3) is 0 Å². The van der Waals surface area contributed by atoms with E-state index < -0.39 is 22.9 Å². The van der Waals surface area contributed by atoms with Crippen LogP contribution in [-0.4, -0.2) is 28.1 Å². The molecule has 0 aromatic rings. The number of aliphatic hydroxyl groups is 1. The number of carbonyl (C=O) groups excluding carboxylic acids is 1. The molecule has 4 nitrogen and oxygen atoms in total. The first-order valence-electron chi connectivity index (χ1n) is 9.53. The predicted molar refractivity (Wildman–Crippen MR) is 89.3 cm³/mol. The van der Waals surface area contributed by atoms with Gasteiger partial charge in [-0.15, -0.1) is 0 Å². The number of hydrogen-bond donors (Lipinski definition) is 2. The van der Waals surface area contributed by atoms with Crippen LogP contribution in [0.3, 0.4) is 0 Å². The molecule has 4 aliphatic carbocycles. The number of carboxylic acids is 1. The second-order valence-electron chi connectivity index (χ2n) is 10.0. The summed E-state index contributed by atoms with van der Waals surface area (Å²) in [6, 6.07) is 0. The van der Waals surface area contributed by atoms with Crippen molar-refractivity contribution in [2.45, 2.75) is 78.2 Å². The second kappa shape index (κ2) is 4.63. The van der Waals surface area contributed by atoms with Gasteiger partial charge >= 0.3 is 5.97 Å². The van der Waals surface area contributed by atoms with E-state index in [0.717, 1.165) is 38.5 Å². The van der Waals surface area contributed by atoms with E-state index in [1.165, 1.54) is 0 Å². The minimum atomic E-state index is -0.668. The summed E-state index contributed by atoms with van der Waals surface area (Å²) in [6.07, 6.45) is 6.08. The van der Waals surface area contributed by atoms with E-state index in [2.05, 4.69) is 6.92 Å². The van der Waals surface area contributed by atoms with Crippen LogP contribution in [0.25, 0.3) is 0 Å². The molecule has 2 bridgehead atoms. The van der Waals surface area contributed by atoms with Crippen LogP contribution >= 0.6 is 0 Å². The Hall–Kier alpha value is -0.900. The number of Topliss-reactive ketones (excluding diaryl/α,β-unsaturated/α-hetero) is 1. The first-order valence-corrected chi connectivity index (χ1v) is 9.53. The van der Waals surface area contributed by atoms with Crippen molar-refractivity contribution in [1.29, 1.82) is 0 Å². The normalized spacial score (nSPS) is 56.5. The fraction of sp³-hybridized carbons (Fsp3) is 0.900. The van der Waals surface area contributed by atoms with E-state index in [1.54, 1.807) is 0 Å². The Labute approximate surface area is 144 Å². The standard InChI is InChI=1S/C20H30O4/c1-17-6-4-7-18(2,16(23)24)12(17)5-8-20-10-15(22)19(3,11-20)14(21)9-13(17)20/h12-14,21H,4-11H2,1-3H3,(H,23,24). The fourth-order valence-electron chi connectivity index (χ4n) is 7.68. The van der Waals surface area contributed by atoms with Gasteiger partial charge in [-0.2, -0.15) is 0 Å². The van der Waals surface area contributed by atoms with Gasteiger partial charge < -0.3 is 10.2 Å². The third kappa shape index (κ3) is 1.73. The number of aliphatic carboxylic acids is 1. The van der Waals surface area contributed by atoms with Crippen molar-refractivity contribution < 1.29 is 19.8 Å². The summed E-state index contributed by atoms with van der Waals surface area (Å²) in [6.45, 7) is 6.14. The molecule has 7 atom stereocenters. The van der Waals surface area contributed by atoms with Gasteiger partial charge in [-0.05, 0) is 68.1 Å². The van der Waals surface area contributed by atoms with Crippen LogP contribution in [0, 0.1) is 33.5 Å². The summed E-state index contributed by atoms with van der Waals surface area (Å²) >= 11 is 0. The fourth-order valence-corrected chi connectivity index (χ4v) is 7.68. The van der Waals surface area contributed by atoms with Crippen LogP contribution in [0.2, 0.25) is 0 Å². The Morgan fingerprint density at radius 1 is 1.12 bits per heavy atom. The number of rotatable bonds is 1. The van der Waals surface area contributed by atoms with Gasteiger partial charge in [0.05, 0.1) is 16.9 Å². The van der Waals surface area contributed by atoms with Gasteiger partial charge in [-0.3, -0.25) is 9.59 Å². The molecule has 134 valence electrons. The average molecular weight is 334 g/mol. The van der Waals surface area contributed by atoms with Crippen LogP contribution in [0.15, 0.2) is 0 Å². The number of ketones is 1. The highest BCUT2D eigenvalue weighted by Gasteiger charge is 2.70. The summed E-state index contributed by atoms with van der Waals surface area (Å²) in [7, 11) is 0. The number of fused-ring (bicyclic) bond motifs is 3. The zero-order chi connectivity index (χ0) is 17.5. The van der Waals surface area contributed by atoms with Gasteiger partial charge in [0.1, 0.15) is 5.78 Å². The van der Waals surface area contributed by atoms with Crippen LogP contribution in [0.1, 0.15) is 72.1 Å². The molecule has 7 unspecified atom stereocenters. The molecule has 1 spiro atoms. The third-order valence-corrected chi connectivity index (χ3v) is 8.99. The molecule has 4 aliphatic rings. The Morgan fingerprint density at radius 3 is 2.50 bits per heavy atom. The first kappa shape index (κ1) is 16.6. The van der Waals surface area contributed by atoms with Crippen LogP contribution in [-0.2, 0) is 9.59 Å². The number of aliphatic hydroxyl groups excluding tert-OH is 1. The molecule has 0 radical (unpaired) electrons. The van der Waals surface area contributed by atoms with Crippen LogP contribution in [0.4, 0.5) is 0 Å². The van der Waals surface area contributed by atoms with Crippen molar-refractivity contribution in [2.24, 2.45) is 33.5 Å². The summed E-state index contributed by atoms with van der Waals surface area (Å²) in [4.78, 5) is 24.7. The number of hydrogen-bond acceptors (Lipinski definition) is 3. The summed E-state index contributed by atoms with van der Waals surface area (Å²) in [5.41, 5.74) is -1.29. The molecule has 0 aromatic heterocycles. The van der Waals surface area contributed by atoms with E-state index in [1.807, 2.05) is 13.8 Å². The molecular formula is C20H30O4. The van der Waals surface area contributed by atoms with Crippen molar-refractivity contribution in [3.63, 3.8) is 0 Å². The molecule has 0 aromatic carbocycles. The van der Waals surface area contributed by atoms with Crippen molar-refractivity contribution in [1.82, 2.24) is 0 Å². The number of carboxylic acid groups (broad SMARTS) is 1. The van der Waals surface area contributed by atoms with E-state index in [0.29, 0.717) is 12.8 Å². The minimum Gasteiger partial charge on any atom is -0.481 e. The zero-order valence-corrected chi connectivity index (χ0v) is 15.1. The maximum atomic E-state index is 12.7. The molecule has 4 saturated carbocycles. The van der Waals surface area contributed by atoms with Crippen LogP contribution < -0.4 is 0 Å². The van der Waals surface area contributed by atoms with Crippen molar-refractivity contribution in [3.8, 4) is 0 Å². The SMILES string of the molecule is CC12CC3(CCC4C(C)(C(=O)O)CCCC4(C)C3CC1O)CC2=O. The molecule has 0 heterocycles. The maximum absolute atomic E-state index is 12.7. The van der Waals surface area contributed by atoms with Gasteiger partial charge in [0, 0.05) is 6.42 Å². The highest BCUT2D eigenvalue weighted by molar-refractivity contribution is 5.89. The second-order valence-corrected chi connectivity index (χ2v) is 10.0. The lowest BCUT2D eigenvalue weighted by Crippen LogP contribution is -2.60. The van der Waals surface area contributed by atoms with Crippen molar-refractivity contribution in [2.75, 3.05) is 0 Å².